The fourth-order valence-corrected chi connectivity index (χ4v) is 15.7. The van der Waals surface area contributed by atoms with E-state index in [1.807, 2.05) is 0 Å². The highest BCUT2D eigenvalue weighted by Crippen LogP contribution is 2.50. The second-order valence-corrected chi connectivity index (χ2v) is 32.4. The zero-order chi connectivity index (χ0) is 125. The van der Waals surface area contributed by atoms with E-state index in [9.17, 15) is 24.7 Å². The Morgan fingerprint density at radius 1 is 0.358 bits per heavy atom. The Bertz CT molecular complexity index is 5700. The van der Waals surface area contributed by atoms with Gasteiger partial charge in [0.1, 0.15) is 48.5 Å². The number of benzene rings is 4. The lowest BCUT2D eigenvalue weighted by Gasteiger charge is -2.47. The smallest absolute Gasteiger partial charge is 0.323 e. The van der Waals surface area contributed by atoms with Crippen molar-refractivity contribution < 1.29 is 134 Å². The molecule has 8 aliphatic heterocycles. The fraction of sp³-hybridized carbons (Fsp3) is 0.708. The topological polar surface area (TPSA) is 296 Å². The van der Waals surface area contributed by atoms with Gasteiger partial charge in [-0.15, -0.1) is 0 Å². The van der Waals surface area contributed by atoms with Gasteiger partial charge in [0.2, 0.25) is 0 Å². The van der Waals surface area contributed by atoms with Crippen molar-refractivity contribution in [2.45, 2.75) is 260 Å². The molecular formula is C96H152N8O16. The van der Waals surface area contributed by atoms with Gasteiger partial charge in [-0.3, -0.25) is 38.8 Å². The van der Waals surface area contributed by atoms with Crippen molar-refractivity contribution in [1.82, 2.24) is 19.6 Å². The second kappa shape index (κ2) is 43.9. The third kappa shape index (κ3) is 23.8. The third-order valence-electron chi connectivity index (χ3n) is 22.5. The van der Waals surface area contributed by atoms with Gasteiger partial charge in [-0.2, -0.15) is 0 Å². The maximum atomic E-state index is 13.1. The van der Waals surface area contributed by atoms with Gasteiger partial charge < -0.3 is 79.8 Å². The van der Waals surface area contributed by atoms with Crippen LogP contribution in [0.4, 0.5) is 0 Å². The molecule has 0 aliphatic carbocycles. The predicted octanol–water partition coefficient (Wildman–Crippen LogP) is 14.3. The molecule has 24 heteroatoms. The molecule has 20 atom stereocenters. The van der Waals surface area contributed by atoms with Crippen molar-refractivity contribution in [3.8, 4) is 46.0 Å². The van der Waals surface area contributed by atoms with Gasteiger partial charge in [0.25, 0.3) is 0 Å². The molecule has 0 bridgehead atoms. The molecule has 4 aromatic carbocycles. The number of nitrogens with two attached hydrogens (primary N) is 4. The Morgan fingerprint density at radius 3 is 0.725 bits per heavy atom. The minimum Gasteiger partial charge on any atom is -0.493 e. The summed E-state index contributed by atoms with van der Waals surface area (Å²) in [7, 11) is 1.96. The van der Waals surface area contributed by atoms with Crippen molar-refractivity contribution in [3.63, 3.8) is 0 Å². The molecule has 8 N–H and O–H groups in total. The highest BCUT2D eigenvalue weighted by Gasteiger charge is 2.47. The van der Waals surface area contributed by atoms with Crippen molar-refractivity contribution in [2.24, 2.45) is 93.9 Å². The van der Waals surface area contributed by atoms with E-state index < -0.39 is 247 Å². The van der Waals surface area contributed by atoms with Crippen LogP contribution in [0.15, 0.2) is 48.3 Å². The van der Waals surface area contributed by atoms with E-state index in [2.05, 4.69) is 0 Å². The summed E-state index contributed by atoms with van der Waals surface area (Å²) in [6.07, 6.45) is -21.6. The Morgan fingerprint density at radius 2 is 0.550 bits per heavy atom. The molecule has 12 rings (SSSR count). The summed E-state index contributed by atoms with van der Waals surface area (Å²) in [6, 6.07) is -9.18. The average Bonchev–Trinajstić information content (AvgIpc) is 0.717. The number of methoxy groups -OCH3 is 8. The number of ether oxygens (including phenoxy) is 12. The molecule has 0 radical (unpaired) electrons. The fourth-order valence-electron chi connectivity index (χ4n) is 15.7. The number of nitrogens with zero attached hydrogens (tertiary/aromatic N) is 4. The second-order valence-electron chi connectivity index (χ2n) is 32.4. The van der Waals surface area contributed by atoms with Crippen LogP contribution in [0.5, 0.6) is 46.0 Å². The largest absolute Gasteiger partial charge is 0.493 e. The minimum absolute atomic E-state index is 0.0352. The summed E-state index contributed by atoms with van der Waals surface area (Å²) in [5.41, 5.74) is 26.7. The lowest BCUT2D eigenvalue weighted by atomic mass is 9.79. The minimum atomic E-state index is -3.10. The van der Waals surface area contributed by atoms with Gasteiger partial charge in [-0.25, -0.2) is 0 Å². The molecule has 24 nitrogen and oxygen atoms in total. The monoisotopic (exact) mass is 1720 g/mol. The predicted molar refractivity (Wildman–Crippen MR) is 471 cm³/mol. The summed E-state index contributed by atoms with van der Waals surface area (Å²) in [5, 5.41) is 0. The summed E-state index contributed by atoms with van der Waals surface area (Å²) in [5.74, 6) is -23.6. The molecule has 0 spiro atoms. The quantitative estimate of drug-likeness (QED) is 0.0303. The molecule has 672 valence electrons. The normalized spacial score (nSPS) is 35.5. The molecule has 8 heterocycles. The average molecular weight is 1720 g/mol. The van der Waals surface area contributed by atoms with Gasteiger partial charge in [-0.1, -0.05) is 110 Å². The molecule has 16 unspecified atom stereocenters. The van der Waals surface area contributed by atoms with Gasteiger partial charge in [-0.05, 0) is 191 Å². The van der Waals surface area contributed by atoms with E-state index in [0.29, 0.717) is 48.2 Å². The van der Waals surface area contributed by atoms with E-state index in [1.54, 1.807) is 75.0 Å². The Kier molecular flexibility index (Phi) is 19.5. The number of carbonyl (C=O) groups is 4. The number of carbonyl (C=O) groups excluding carboxylic acids is 4. The molecule has 0 saturated carbocycles. The van der Waals surface area contributed by atoms with Crippen molar-refractivity contribution >= 4 is 23.9 Å². The highest BCUT2D eigenvalue weighted by molar-refractivity contribution is 5.77. The van der Waals surface area contributed by atoms with Crippen LogP contribution >= 0.6 is 0 Å². The van der Waals surface area contributed by atoms with E-state index in [1.165, 1.54) is 42.7 Å². The van der Waals surface area contributed by atoms with E-state index in [-0.39, 0.29) is 182 Å². The van der Waals surface area contributed by atoms with Crippen LogP contribution in [-0.2, 0) is 63.8 Å². The number of fused-ring (bicyclic) bond motifs is 12. The Hall–Kier alpha value is -7.16. The maximum absolute atomic E-state index is 13.1. The lowest BCUT2D eigenvalue weighted by molar-refractivity contribution is -0.161. The van der Waals surface area contributed by atoms with Crippen LogP contribution in [-0.4, -0.2) is 201 Å². The molecule has 4 fully saturated rings. The van der Waals surface area contributed by atoms with E-state index in [0.717, 1.165) is 27.7 Å². The SMILES string of the molecule is [2H]c1c2c(c([2H])c(OC)c1OC([2H])([2H])[2H])C1CC([2H])(OC(=O)[C@@H](N)C(C)C)C(C([2H])([2H])C([2H])(C)C([2H])([2H])[2H])CN1CC2.[2H]c1c2c(c([2H])c(OC)c1OC([2H])([2H])[2H])C1CC([2H])(OC(=O)[C@@H](N)C(C)C)C(C([2H])([2H])C([2H])(C)C([2H])([2H])[2H])CN1CC2.[2H]c1c2c(c([2H])c(OC)c1OC)C1CC([2H])(OC(=O)[C@@H](N)C(C)C)C(C([2H])([2H])C([2H])(C)C([2H])([2H])[2H])CN1CC2.[2H]c1c2c(c([2H])c(OC)c1OC)C1CC([2H])(OC(=O)[C@@H](N)C(C)C)C(C([2H])([2H])C([2H])(C)C([2H])([2H])[2H])CN1CC2. The van der Waals surface area contributed by atoms with Crippen LogP contribution in [0.1, 0.15) is 288 Å². The Labute approximate surface area is 777 Å². The third-order valence-corrected chi connectivity index (χ3v) is 22.5. The van der Waals surface area contributed by atoms with Crippen LogP contribution in [0.3, 0.4) is 0 Å². The first-order chi connectivity index (χ1) is 73.3. The van der Waals surface area contributed by atoms with Crippen molar-refractivity contribution in [1.29, 1.82) is 0 Å². The van der Waals surface area contributed by atoms with Gasteiger partial charge in [0, 0.05) is 159 Å². The number of rotatable bonds is 28. The maximum Gasteiger partial charge on any atom is 0.323 e. The van der Waals surface area contributed by atoms with Gasteiger partial charge >= 0.3 is 23.9 Å². The summed E-state index contributed by atoms with van der Waals surface area (Å²) < 4.78 is 416. The van der Waals surface area contributed by atoms with Crippen molar-refractivity contribution in [3.05, 3.63) is 92.8 Å². The molecule has 0 aromatic heterocycles. The van der Waals surface area contributed by atoms with Crippen LogP contribution in [0.25, 0.3) is 0 Å². The number of piperidine rings is 4. The standard InChI is InChI=1S/4C24H38N2O4/c4*1-14(2)9-17-13-26-8-7-16-10-21(28-5)22(29-6)11-18(16)19(26)12-20(17)30-24(27)23(25)15(3)4/h4*10-11,14-15,17,19-20,23H,7-9,12-13,25H2,1-6H3/t4*17?,19?,20?,23-/m0000/s1/i2*1D3,5D3,9D2,10D,11D,14D,20D;2*1D3,9D2,10D,11D,14D,20D/t4*14?,17?,19?,20?,23-. The first-order valence-electron chi connectivity index (χ1n) is 61.5. The highest BCUT2D eigenvalue weighted by atomic mass is 16.6. The molecule has 120 heavy (non-hydrogen) atoms. The van der Waals surface area contributed by atoms with Gasteiger partial charge in [0.05, 0.1) is 81.4 Å². The van der Waals surface area contributed by atoms with Crippen LogP contribution < -0.4 is 60.8 Å². The molecular weight excluding hydrogens is 1520 g/mol. The summed E-state index contributed by atoms with van der Waals surface area (Å²) >= 11 is 0. The lowest BCUT2D eigenvalue weighted by Crippen LogP contribution is -2.51. The molecule has 4 aromatic rings. The number of hydrogen-bond donors (Lipinski definition) is 4. The first-order valence-corrected chi connectivity index (χ1v) is 40.5. The van der Waals surface area contributed by atoms with Gasteiger partial charge in [0.15, 0.2) is 46.0 Å². The van der Waals surface area contributed by atoms with E-state index in [4.69, 9.17) is 132 Å². The molecule has 4 saturated heterocycles. The number of hydrogen-bond acceptors (Lipinski definition) is 24. The van der Waals surface area contributed by atoms with E-state index >= 15 is 0 Å². The van der Waals surface area contributed by atoms with Crippen molar-refractivity contribution in [2.75, 3.05) is 109 Å². The zero-order valence-corrected chi connectivity index (χ0v) is 72.2. The molecule has 8 aliphatic rings. The van der Waals surface area contributed by atoms with Crippen LogP contribution in [0.2, 0.25) is 0 Å². The summed E-state index contributed by atoms with van der Waals surface area (Å²) in [4.78, 5) is 59.2. The number of esters is 4. The zero-order valence-electron chi connectivity index (χ0n) is 114. The molecule has 0 amide bonds. The Balaban J connectivity index is 0.000000238. The van der Waals surface area contributed by atoms with Crippen LogP contribution in [0, 0.1) is 70.9 Å². The first kappa shape index (κ1) is 53.2. The summed E-state index contributed by atoms with van der Waals surface area (Å²) in [6.45, 7) is 4.72.